The minimum atomic E-state index is -0.0562. The summed E-state index contributed by atoms with van der Waals surface area (Å²) < 4.78 is 7.09. The third kappa shape index (κ3) is 3.44. The zero-order valence-corrected chi connectivity index (χ0v) is 13.4. The molecule has 7 heteroatoms. The van der Waals surface area contributed by atoms with Gasteiger partial charge < -0.3 is 19.5 Å². The van der Waals surface area contributed by atoms with Gasteiger partial charge in [-0.25, -0.2) is 9.78 Å². The van der Waals surface area contributed by atoms with Gasteiger partial charge >= 0.3 is 6.03 Å². The Morgan fingerprint density at radius 2 is 2.30 bits per heavy atom. The number of ether oxygens (including phenoxy) is 1. The predicted molar refractivity (Wildman–Crippen MR) is 85.2 cm³/mol. The maximum atomic E-state index is 12.3. The Morgan fingerprint density at radius 1 is 1.43 bits per heavy atom. The zero-order chi connectivity index (χ0) is 16.2. The van der Waals surface area contributed by atoms with Crippen LogP contribution in [0.3, 0.4) is 0 Å². The Bertz CT molecular complexity index is 667. The van der Waals surface area contributed by atoms with E-state index in [0.29, 0.717) is 24.8 Å². The number of rotatable bonds is 4. The highest BCUT2D eigenvalue weighted by Gasteiger charge is 2.29. The van der Waals surface area contributed by atoms with Crippen LogP contribution >= 0.6 is 0 Å². The van der Waals surface area contributed by atoms with E-state index in [1.807, 2.05) is 34.8 Å². The van der Waals surface area contributed by atoms with Gasteiger partial charge in [0.25, 0.3) is 0 Å². The Labute approximate surface area is 135 Å². The molecule has 1 unspecified atom stereocenters. The van der Waals surface area contributed by atoms with Gasteiger partial charge in [0.1, 0.15) is 11.6 Å². The number of pyridine rings is 1. The normalized spacial score (nSPS) is 17.3. The molecule has 1 atom stereocenters. The summed E-state index contributed by atoms with van der Waals surface area (Å²) in [6.07, 6.45) is 6.33. The van der Waals surface area contributed by atoms with Crippen molar-refractivity contribution in [1.29, 1.82) is 0 Å². The van der Waals surface area contributed by atoms with E-state index >= 15 is 0 Å². The molecule has 122 valence electrons. The number of methoxy groups -OCH3 is 1. The number of carbonyl (C=O) groups excluding carboxylic acids is 1. The molecule has 1 saturated heterocycles. The molecule has 2 aromatic heterocycles. The van der Waals surface area contributed by atoms with Crippen molar-refractivity contribution in [2.45, 2.75) is 18.9 Å². The molecule has 0 aliphatic carbocycles. The first-order chi connectivity index (χ1) is 11.2. The van der Waals surface area contributed by atoms with E-state index in [9.17, 15) is 4.79 Å². The van der Waals surface area contributed by atoms with Gasteiger partial charge in [0.15, 0.2) is 0 Å². The fraction of sp³-hybridized carbons (Fsp3) is 0.438. The van der Waals surface area contributed by atoms with Crippen molar-refractivity contribution in [2.24, 2.45) is 7.05 Å². The zero-order valence-electron chi connectivity index (χ0n) is 13.4. The summed E-state index contributed by atoms with van der Waals surface area (Å²) in [5.74, 6) is 2.05. The second kappa shape index (κ2) is 6.68. The van der Waals surface area contributed by atoms with Crippen molar-refractivity contribution >= 4 is 6.03 Å². The summed E-state index contributed by atoms with van der Waals surface area (Å²) in [6, 6.07) is 3.63. The molecule has 0 bridgehead atoms. The summed E-state index contributed by atoms with van der Waals surface area (Å²) in [6.45, 7) is 1.86. The number of nitrogens with zero attached hydrogens (tertiary/aromatic N) is 4. The third-order valence-corrected chi connectivity index (χ3v) is 4.15. The third-order valence-electron chi connectivity index (χ3n) is 4.15. The summed E-state index contributed by atoms with van der Waals surface area (Å²) >= 11 is 0. The summed E-state index contributed by atoms with van der Waals surface area (Å²) in [5, 5.41) is 2.92. The number of amides is 2. The number of carbonyl (C=O) groups is 1. The predicted octanol–water partition coefficient (Wildman–Crippen LogP) is 1.52. The van der Waals surface area contributed by atoms with E-state index in [4.69, 9.17) is 4.74 Å². The van der Waals surface area contributed by atoms with Gasteiger partial charge in [-0.1, -0.05) is 0 Å². The van der Waals surface area contributed by atoms with Gasteiger partial charge in [0.2, 0.25) is 0 Å². The van der Waals surface area contributed by atoms with Crippen molar-refractivity contribution in [2.75, 3.05) is 20.2 Å². The summed E-state index contributed by atoms with van der Waals surface area (Å²) in [7, 11) is 3.59. The maximum Gasteiger partial charge on any atom is 0.317 e. The Morgan fingerprint density at radius 3 is 2.96 bits per heavy atom. The summed E-state index contributed by atoms with van der Waals surface area (Å²) in [5.41, 5.74) is 0.805. The first kappa shape index (κ1) is 15.3. The Hall–Kier alpha value is -2.57. The molecule has 0 radical (unpaired) electrons. The van der Waals surface area contributed by atoms with Crippen molar-refractivity contribution < 1.29 is 9.53 Å². The van der Waals surface area contributed by atoms with Crippen LogP contribution in [-0.4, -0.2) is 45.7 Å². The minimum Gasteiger partial charge on any atom is -0.495 e. The highest BCUT2D eigenvalue weighted by molar-refractivity contribution is 5.74. The Balaban J connectivity index is 1.52. The van der Waals surface area contributed by atoms with Crippen molar-refractivity contribution in [1.82, 2.24) is 24.8 Å². The van der Waals surface area contributed by atoms with Crippen LogP contribution in [0.5, 0.6) is 5.75 Å². The minimum absolute atomic E-state index is 0.0562. The molecule has 2 amide bonds. The number of aryl methyl sites for hydroxylation is 1. The Kier molecular flexibility index (Phi) is 4.45. The van der Waals surface area contributed by atoms with Crippen LogP contribution in [0.2, 0.25) is 0 Å². The van der Waals surface area contributed by atoms with Crippen LogP contribution in [0.4, 0.5) is 4.79 Å². The van der Waals surface area contributed by atoms with Crippen molar-refractivity contribution in [3.63, 3.8) is 0 Å². The molecule has 0 spiro atoms. The maximum absolute atomic E-state index is 12.3. The molecule has 3 rings (SSSR count). The smallest absolute Gasteiger partial charge is 0.317 e. The second-order valence-electron chi connectivity index (χ2n) is 5.68. The lowest BCUT2D eigenvalue weighted by Gasteiger charge is -2.17. The molecule has 7 nitrogen and oxygen atoms in total. The van der Waals surface area contributed by atoms with E-state index in [2.05, 4.69) is 15.3 Å². The molecule has 1 fully saturated rings. The van der Waals surface area contributed by atoms with E-state index < -0.39 is 0 Å². The quantitative estimate of drug-likeness (QED) is 0.928. The van der Waals surface area contributed by atoms with Crippen LogP contribution in [0, 0.1) is 0 Å². The number of hydrogen-bond acceptors (Lipinski definition) is 4. The second-order valence-corrected chi connectivity index (χ2v) is 5.68. The molecule has 1 N–H and O–H groups in total. The number of hydrogen-bond donors (Lipinski definition) is 1. The lowest BCUT2D eigenvalue weighted by Crippen LogP contribution is -2.38. The number of likely N-dealkylation sites (tertiary alicyclic amines) is 1. The molecule has 3 heterocycles. The van der Waals surface area contributed by atoms with E-state index in [1.165, 1.54) is 0 Å². The van der Waals surface area contributed by atoms with Gasteiger partial charge in [-0.05, 0) is 18.6 Å². The number of imidazole rings is 1. The number of nitrogens with one attached hydrogen (secondary N) is 1. The monoisotopic (exact) mass is 315 g/mol. The van der Waals surface area contributed by atoms with Crippen LogP contribution in [-0.2, 0) is 13.6 Å². The van der Waals surface area contributed by atoms with Crippen LogP contribution in [0.1, 0.15) is 23.9 Å². The average Bonchev–Trinajstić information content (AvgIpc) is 3.21. The molecule has 0 aromatic carbocycles. The van der Waals surface area contributed by atoms with Crippen LogP contribution < -0.4 is 10.1 Å². The molecule has 0 saturated carbocycles. The lowest BCUT2D eigenvalue weighted by atomic mass is 10.1. The molecule has 1 aliphatic heterocycles. The SMILES string of the molecule is COc1ccc(CNC(=O)N2CCC(c3nccn3C)C2)nc1. The van der Waals surface area contributed by atoms with Crippen LogP contribution in [0.15, 0.2) is 30.7 Å². The topological polar surface area (TPSA) is 72.3 Å². The fourth-order valence-corrected chi connectivity index (χ4v) is 2.84. The van der Waals surface area contributed by atoms with E-state index in [1.54, 1.807) is 19.5 Å². The van der Waals surface area contributed by atoms with Crippen LogP contribution in [0.25, 0.3) is 0 Å². The number of aromatic nitrogens is 3. The molecular weight excluding hydrogens is 294 g/mol. The number of urea groups is 1. The standard InChI is InChI=1S/C16H21N5O2/c1-20-8-6-17-15(20)12-5-7-21(11-12)16(22)19-9-13-3-4-14(23-2)10-18-13/h3-4,6,8,10,12H,5,7,9,11H2,1-2H3,(H,19,22). The van der Waals surface area contributed by atoms with Gasteiger partial charge in [-0.15, -0.1) is 0 Å². The van der Waals surface area contributed by atoms with Gasteiger partial charge in [-0.2, -0.15) is 0 Å². The van der Waals surface area contributed by atoms with Gasteiger partial charge in [0.05, 0.1) is 25.5 Å². The fourth-order valence-electron chi connectivity index (χ4n) is 2.84. The molecule has 23 heavy (non-hydrogen) atoms. The lowest BCUT2D eigenvalue weighted by molar-refractivity contribution is 0.207. The van der Waals surface area contributed by atoms with E-state index in [-0.39, 0.29) is 6.03 Å². The largest absolute Gasteiger partial charge is 0.495 e. The molecule has 2 aromatic rings. The first-order valence-electron chi connectivity index (χ1n) is 7.66. The van der Waals surface area contributed by atoms with Gasteiger partial charge in [-0.3, -0.25) is 4.98 Å². The average molecular weight is 315 g/mol. The molecular formula is C16H21N5O2. The van der Waals surface area contributed by atoms with E-state index in [0.717, 1.165) is 24.5 Å². The highest BCUT2D eigenvalue weighted by atomic mass is 16.5. The first-order valence-corrected chi connectivity index (χ1v) is 7.66. The van der Waals surface area contributed by atoms with Gasteiger partial charge in [0, 0.05) is 38.4 Å². The van der Waals surface area contributed by atoms with Crippen molar-refractivity contribution in [3.05, 3.63) is 42.2 Å². The van der Waals surface area contributed by atoms with Crippen molar-refractivity contribution in [3.8, 4) is 5.75 Å². The highest BCUT2D eigenvalue weighted by Crippen LogP contribution is 2.25. The summed E-state index contributed by atoms with van der Waals surface area (Å²) in [4.78, 5) is 22.7. The molecule has 1 aliphatic rings.